The molecule has 0 fully saturated rings. The van der Waals surface area contributed by atoms with Gasteiger partial charge in [0.2, 0.25) is 0 Å². The zero-order chi connectivity index (χ0) is 13.8. The molecule has 0 aromatic carbocycles. The number of pyridine rings is 1. The van der Waals surface area contributed by atoms with E-state index in [-0.39, 0.29) is 5.56 Å². The number of halogens is 1. The quantitative estimate of drug-likeness (QED) is 0.426. The number of carboxylic acids is 1. The Morgan fingerprint density at radius 3 is 3.00 bits per heavy atom. The zero-order valence-corrected chi connectivity index (χ0v) is 12.7. The number of carbonyl (C=O) groups is 1. The van der Waals surface area contributed by atoms with E-state index in [9.17, 15) is 4.79 Å². The van der Waals surface area contributed by atoms with Gasteiger partial charge in [0.15, 0.2) is 0 Å². The molecule has 0 amide bonds. The van der Waals surface area contributed by atoms with Crippen molar-refractivity contribution in [3.63, 3.8) is 0 Å². The Morgan fingerprint density at radius 1 is 1.58 bits per heavy atom. The summed E-state index contributed by atoms with van der Waals surface area (Å²) in [4.78, 5) is 18.2. The molecule has 0 aliphatic rings. The van der Waals surface area contributed by atoms with Gasteiger partial charge in [-0.05, 0) is 34.2 Å². The lowest BCUT2D eigenvalue weighted by Gasteiger charge is -2.00. The predicted molar refractivity (Wildman–Crippen MR) is 86.0 cm³/mol. The molecule has 2 rings (SSSR count). The maximum atomic E-state index is 11.0. The van der Waals surface area contributed by atoms with E-state index < -0.39 is 5.97 Å². The lowest BCUT2D eigenvalue weighted by atomic mass is 10.1. The molecule has 0 bridgehead atoms. The number of H-pyrrole nitrogens is 1. The van der Waals surface area contributed by atoms with Gasteiger partial charge in [0, 0.05) is 29.6 Å². The topological polar surface area (TPSA) is 104 Å². The third kappa shape index (κ3) is 2.93. The standard InChI is InChI=1S/C11H10IN4O2P/c12-19-15-4-6(3-13)9-2-1-7-8(11(17)18)5-14-10(7)16-9/h1-5,19H,13H2,(H,14,16)(H,17,18)/b6-3+,15-4+. The zero-order valence-electron chi connectivity index (χ0n) is 9.59. The molecular weight excluding hydrogens is 378 g/mol. The monoisotopic (exact) mass is 388 g/mol. The summed E-state index contributed by atoms with van der Waals surface area (Å²) >= 11 is 2.15. The molecule has 8 heteroatoms. The summed E-state index contributed by atoms with van der Waals surface area (Å²) in [7, 11) is 0. The molecule has 0 aliphatic heterocycles. The fourth-order valence-electron chi connectivity index (χ4n) is 1.63. The van der Waals surface area contributed by atoms with Crippen LogP contribution in [0.5, 0.6) is 0 Å². The number of aromatic amines is 1. The fraction of sp³-hybridized carbons (Fsp3) is 0. The Balaban J connectivity index is 2.48. The van der Waals surface area contributed by atoms with E-state index in [4.69, 9.17) is 10.8 Å². The van der Waals surface area contributed by atoms with Crippen molar-refractivity contribution in [1.29, 1.82) is 0 Å². The molecule has 0 saturated carbocycles. The summed E-state index contributed by atoms with van der Waals surface area (Å²) in [6, 6.07) is 3.44. The minimum Gasteiger partial charge on any atom is -0.478 e. The van der Waals surface area contributed by atoms with Crippen LogP contribution in [0.1, 0.15) is 16.1 Å². The van der Waals surface area contributed by atoms with Crippen molar-refractivity contribution in [1.82, 2.24) is 9.97 Å². The number of nitrogens with one attached hydrogen (secondary N) is 1. The molecule has 19 heavy (non-hydrogen) atoms. The summed E-state index contributed by atoms with van der Waals surface area (Å²) in [5.41, 5.74) is 7.60. The third-order valence-corrected chi connectivity index (χ3v) is 3.56. The molecule has 0 radical (unpaired) electrons. The van der Waals surface area contributed by atoms with Gasteiger partial charge in [-0.1, -0.05) is 0 Å². The van der Waals surface area contributed by atoms with Crippen LogP contribution in [0.25, 0.3) is 16.6 Å². The molecule has 0 spiro atoms. The number of allylic oxidation sites excluding steroid dienone is 1. The summed E-state index contributed by atoms with van der Waals surface area (Å²) < 4.78 is 4.13. The first-order valence-electron chi connectivity index (χ1n) is 5.19. The Labute approximate surface area is 123 Å². The van der Waals surface area contributed by atoms with Crippen LogP contribution in [0.2, 0.25) is 0 Å². The van der Waals surface area contributed by atoms with Crippen molar-refractivity contribution >= 4 is 57.2 Å². The Morgan fingerprint density at radius 2 is 2.37 bits per heavy atom. The maximum Gasteiger partial charge on any atom is 0.337 e. The number of aromatic nitrogens is 2. The molecule has 0 aliphatic carbocycles. The number of fused-ring (bicyclic) bond motifs is 1. The highest BCUT2D eigenvalue weighted by atomic mass is 127. The van der Waals surface area contributed by atoms with Crippen molar-refractivity contribution in [3.05, 3.63) is 35.8 Å². The molecule has 2 heterocycles. The van der Waals surface area contributed by atoms with Gasteiger partial charge in [0.05, 0.1) is 17.6 Å². The Kier molecular flexibility index (Phi) is 4.49. The second-order valence-corrected chi connectivity index (χ2v) is 5.44. The van der Waals surface area contributed by atoms with E-state index in [1.165, 1.54) is 12.4 Å². The van der Waals surface area contributed by atoms with Crippen molar-refractivity contribution in [2.45, 2.75) is 0 Å². The van der Waals surface area contributed by atoms with Gasteiger partial charge in [0.1, 0.15) is 5.65 Å². The van der Waals surface area contributed by atoms with E-state index >= 15 is 0 Å². The number of nitrogens with zero attached hydrogens (tertiary/aromatic N) is 2. The van der Waals surface area contributed by atoms with Gasteiger partial charge in [0.25, 0.3) is 0 Å². The first kappa shape index (κ1) is 14.0. The van der Waals surface area contributed by atoms with Crippen LogP contribution < -0.4 is 5.73 Å². The highest BCUT2D eigenvalue weighted by molar-refractivity contribution is 14.2. The van der Waals surface area contributed by atoms with Crippen LogP contribution in [-0.4, -0.2) is 27.3 Å². The van der Waals surface area contributed by atoms with Crippen LogP contribution in [-0.2, 0) is 0 Å². The van der Waals surface area contributed by atoms with Crippen LogP contribution in [0.15, 0.2) is 29.3 Å². The number of nitrogens with two attached hydrogens (primary N) is 1. The first-order valence-corrected chi connectivity index (χ1v) is 9.26. The normalized spacial score (nSPS) is 13.0. The maximum absolute atomic E-state index is 11.0. The van der Waals surface area contributed by atoms with Gasteiger partial charge in [-0.15, -0.1) is 0 Å². The second-order valence-electron chi connectivity index (χ2n) is 3.56. The molecular formula is C11H10IN4O2P. The second kappa shape index (κ2) is 6.12. The molecule has 6 nitrogen and oxygen atoms in total. The lowest BCUT2D eigenvalue weighted by molar-refractivity contribution is 0.0699. The minimum atomic E-state index is -0.983. The SMILES string of the molecule is N/C=C(\C=N\PI)c1ccc2c(C(=O)O)c[nH]c2n1. The van der Waals surface area contributed by atoms with Crippen LogP contribution >= 0.6 is 28.4 Å². The fourth-order valence-corrected chi connectivity index (χ4v) is 2.24. The lowest BCUT2D eigenvalue weighted by Crippen LogP contribution is -1.96. The minimum absolute atomic E-state index is 0.203. The van der Waals surface area contributed by atoms with E-state index in [0.29, 0.717) is 28.7 Å². The highest BCUT2D eigenvalue weighted by Crippen LogP contribution is 2.23. The van der Waals surface area contributed by atoms with Gasteiger partial charge in [-0.2, -0.15) is 0 Å². The van der Waals surface area contributed by atoms with Gasteiger partial charge >= 0.3 is 5.97 Å². The predicted octanol–water partition coefficient (Wildman–Crippen LogP) is 2.58. The number of carboxylic acid groups (broad SMARTS) is 1. The summed E-state index contributed by atoms with van der Waals surface area (Å²) in [5, 5.41) is 9.58. The van der Waals surface area contributed by atoms with E-state index in [2.05, 4.69) is 36.8 Å². The van der Waals surface area contributed by atoms with Crippen LogP contribution in [0, 0.1) is 0 Å². The Bertz CT molecular complexity index is 680. The van der Waals surface area contributed by atoms with Gasteiger partial charge in [-0.25, -0.2) is 9.78 Å². The molecule has 1 unspecified atom stereocenters. The molecule has 4 N–H and O–H groups in total. The highest BCUT2D eigenvalue weighted by Gasteiger charge is 2.12. The average molecular weight is 388 g/mol. The van der Waals surface area contributed by atoms with E-state index in [1.54, 1.807) is 18.3 Å². The smallest absolute Gasteiger partial charge is 0.337 e. The van der Waals surface area contributed by atoms with Crippen LogP contribution in [0.3, 0.4) is 0 Å². The first-order chi connectivity index (χ1) is 9.17. The average Bonchev–Trinajstić information content (AvgIpc) is 2.82. The Hall–Kier alpha value is -1.47. The number of rotatable bonds is 4. The van der Waals surface area contributed by atoms with E-state index in [1.807, 2.05) is 0 Å². The van der Waals surface area contributed by atoms with Gasteiger partial charge in [-0.3, -0.25) is 4.76 Å². The molecule has 0 saturated heterocycles. The van der Waals surface area contributed by atoms with Crippen molar-refractivity contribution in [2.75, 3.05) is 0 Å². The van der Waals surface area contributed by atoms with Crippen molar-refractivity contribution < 1.29 is 9.90 Å². The molecule has 2 aromatic rings. The number of hydrogen-bond acceptors (Lipinski definition) is 4. The number of aromatic carboxylic acids is 1. The molecule has 98 valence electrons. The van der Waals surface area contributed by atoms with Crippen molar-refractivity contribution in [3.8, 4) is 0 Å². The summed E-state index contributed by atoms with van der Waals surface area (Å²) in [6.45, 7) is 0. The largest absolute Gasteiger partial charge is 0.478 e. The molecule has 2 aromatic heterocycles. The summed E-state index contributed by atoms with van der Waals surface area (Å²) in [5.74, 6) is -0.983. The number of hydrogen-bond donors (Lipinski definition) is 3. The summed E-state index contributed by atoms with van der Waals surface area (Å²) in [6.07, 6.45) is 4.92. The third-order valence-electron chi connectivity index (χ3n) is 2.50. The van der Waals surface area contributed by atoms with Gasteiger partial charge < -0.3 is 15.8 Å². The van der Waals surface area contributed by atoms with Crippen molar-refractivity contribution in [2.24, 2.45) is 10.5 Å². The van der Waals surface area contributed by atoms with E-state index in [0.717, 1.165) is 0 Å². The molecule has 1 atom stereocenters. The van der Waals surface area contributed by atoms with Crippen LogP contribution in [0.4, 0.5) is 0 Å².